The largest absolute Gasteiger partial charge is 0.452 e. The Balaban J connectivity index is 2.63. The molecule has 3 amide bonds. The molecule has 0 fully saturated rings. The van der Waals surface area contributed by atoms with Crippen molar-refractivity contribution in [2.24, 2.45) is 0 Å². The van der Waals surface area contributed by atoms with Crippen LogP contribution in [0.15, 0.2) is 29.2 Å². The van der Waals surface area contributed by atoms with Crippen LogP contribution in [0.25, 0.3) is 0 Å². The number of ketones is 1. The van der Waals surface area contributed by atoms with Crippen molar-refractivity contribution < 1.29 is 23.9 Å². The first-order valence-electron chi connectivity index (χ1n) is 6.34. The average Bonchev–Trinajstić information content (AvgIpc) is 2.50. The minimum atomic E-state index is -0.735. The number of carbonyl (C=O) groups excluding carboxylic acids is 4. The SMILES string of the molecule is CNC(=O)NC(=O)COC(=O)c1ccccc1SCC(C)=O. The van der Waals surface area contributed by atoms with Gasteiger partial charge < -0.3 is 10.1 Å². The number of rotatable bonds is 6. The van der Waals surface area contributed by atoms with Crippen LogP contribution >= 0.6 is 11.8 Å². The standard InChI is InChI=1S/C14H16N2O5S/c1-9(17)8-22-11-6-4-3-5-10(11)13(19)21-7-12(18)16-14(20)15-2/h3-6H,7-8H2,1-2H3,(H2,15,16,18,20). The maximum Gasteiger partial charge on any atom is 0.339 e. The van der Waals surface area contributed by atoms with E-state index in [2.05, 4.69) is 5.32 Å². The van der Waals surface area contributed by atoms with Gasteiger partial charge in [0.05, 0.1) is 11.3 Å². The summed E-state index contributed by atoms with van der Waals surface area (Å²) in [5, 5.41) is 4.18. The summed E-state index contributed by atoms with van der Waals surface area (Å²) in [6.07, 6.45) is 0. The summed E-state index contributed by atoms with van der Waals surface area (Å²) in [6, 6.07) is 5.94. The lowest BCUT2D eigenvalue weighted by atomic mass is 10.2. The Morgan fingerprint density at radius 1 is 1.18 bits per heavy atom. The Hall–Kier alpha value is -2.35. The zero-order chi connectivity index (χ0) is 16.5. The monoisotopic (exact) mass is 324 g/mol. The molecular weight excluding hydrogens is 308 g/mol. The maximum atomic E-state index is 12.0. The number of urea groups is 1. The van der Waals surface area contributed by atoms with Crippen molar-refractivity contribution in [1.82, 2.24) is 10.6 Å². The number of ether oxygens (including phenoxy) is 1. The van der Waals surface area contributed by atoms with Crippen LogP contribution in [0.3, 0.4) is 0 Å². The predicted molar refractivity (Wildman–Crippen MR) is 80.7 cm³/mol. The molecule has 0 aliphatic carbocycles. The van der Waals surface area contributed by atoms with E-state index in [-0.39, 0.29) is 17.1 Å². The highest BCUT2D eigenvalue weighted by molar-refractivity contribution is 8.00. The van der Waals surface area contributed by atoms with Gasteiger partial charge in [-0.2, -0.15) is 0 Å². The quantitative estimate of drug-likeness (QED) is 0.597. The molecule has 0 aliphatic rings. The van der Waals surface area contributed by atoms with Gasteiger partial charge in [0, 0.05) is 11.9 Å². The first kappa shape index (κ1) is 17.7. The summed E-state index contributed by atoms with van der Waals surface area (Å²) in [5.74, 6) is -1.21. The van der Waals surface area contributed by atoms with Gasteiger partial charge in [-0.15, -0.1) is 11.8 Å². The lowest BCUT2D eigenvalue weighted by Crippen LogP contribution is -2.39. The fraction of sp³-hybridized carbons (Fsp3) is 0.286. The molecule has 0 aliphatic heterocycles. The second-order valence-corrected chi connectivity index (χ2v) is 5.21. The van der Waals surface area contributed by atoms with E-state index in [1.165, 1.54) is 25.7 Å². The van der Waals surface area contributed by atoms with Crippen LogP contribution in [0.2, 0.25) is 0 Å². The number of hydrogen-bond donors (Lipinski definition) is 2. The maximum absolute atomic E-state index is 12.0. The van der Waals surface area contributed by atoms with Crippen molar-refractivity contribution in [3.63, 3.8) is 0 Å². The van der Waals surface area contributed by atoms with E-state index in [0.29, 0.717) is 4.90 Å². The van der Waals surface area contributed by atoms with Crippen LogP contribution in [0.5, 0.6) is 0 Å². The van der Waals surface area contributed by atoms with Crippen molar-refractivity contribution in [2.45, 2.75) is 11.8 Å². The Labute approximate surface area is 131 Å². The fourth-order valence-electron chi connectivity index (χ4n) is 1.37. The van der Waals surface area contributed by atoms with E-state index in [1.54, 1.807) is 24.3 Å². The molecule has 0 atom stereocenters. The first-order valence-corrected chi connectivity index (χ1v) is 7.32. The summed E-state index contributed by atoms with van der Waals surface area (Å²) in [6.45, 7) is 0.884. The van der Waals surface area contributed by atoms with Crippen LogP contribution in [0.4, 0.5) is 4.79 Å². The average molecular weight is 324 g/mol. The highest BCUT2D eigenvalue weighted by Gasteiger charge is 2.15. The van der Waals surface area contributed by atoms with Crippen molar-refractivity contribution >= 4 is 35.5 Å². The van der Waals surface area contributed by atoms with Gasteiger partial charge in [-0.25, -0.2) is 9.59 Å². The molecular formula is C14H16N2O5S. The molecule has 0 spiro atoms. The van der Waals surface area contributed by atoms with Crippen molar-refractivity contribution in [3.8, 4) is 0 Å². The van der Waals surface area contributed by atoms with Crippen LogP contribution in [0.1, 0.15) is 17.3 Å². The number of hydrogen-bond acceptors (Lipinski definition) is 6. The number of imide groups is 1. The van der Waals surface area contributed by atoms with E-state index < -0.39 is 24.5 Å². The minimum Gasteiger partial charge on any atom is -0.452 e. The summed E-state index contributed by atoms with van der Waals surface area (Å²) in [7, 11) is 1.36. The molecule has 22 heavy (non-hydrogen) atoms. The van der Waals surface area contributed by atoms with Gasteiger partial charge in [-0.3, -0.25) is 14.9 Å². The number of esters is 1. The van der Waals surface area contributed by atoms with E-state index in [0.717, 1.165) is 0 Å². The van der Waals surface area contributed by atoms with Gasteiger partial charge in [-0.1, -0.05) is 12.1 Å². The van der Waals surface area contributed by atoms with Crippen molar-refractivity contribution in [3.05, 3.63) is 29.8 Å². The second kappa shape index (κ2) is 8.83. The van der Waals surface area contributed by atoms with E-state index >= 15 is 0 Å². The van der Waals surface area contributed by atoms with Gasteiger partial charge in [0.2, 0.25) is 0 Å². The zero-order valence-corrected chi connectivity index (χ0v) is 13.0. The molecule has 1 aromatic carbocycles. The molecule has 0 saturated heterocycles. The summed E-state index contributed by atoms with van der Waals surface area (Å²) in [4.78, 5) is 45.8. The Morgan fingerprint density at radius 2 is 1.86 bits per heavy atom. The first-order chi connectivity index (χ1) is 10.4. The molecule has 2 N–H and O–H groups in total. The minimum absolute atomic E-state index is 0.0156. The van der Waals surface area contributed by atoms with E-state index in [1.807, 2.05) is 5.32 Å². The zero-order valence-electron chi connectivity index (χ0n) is 12.2. The molecule has 0 aromatic heterocycles. The Kier molecular flexibility index (Phi) is 7.11. The number of Topliss-reactive ketones (excluding diaryl/α,β-unsaturated/α-hetero) is 1. The van der Waals surface area contributed by atoms with Crippen LogP contribution in [-0.4, -0.2) is 43.1 Å². The number of amides is 3. The molecule has 7 nitrogen and oxygen atoms in total. The lowest BCUT2D eigenvalue weighted by molar-refractivity contribution is -0.123. The fourth-order valence-corrected chi connectivity index (χ4v) is 2.22. The smallest absolute Gasteiger partial charge is 0.339 e. The van der Waals surface area contributed by atoms with Gasteiger partial charge in [0.15, 0.2) is 6.61 Å². The number of nitrogens with one attached hydrogen (secondary N) is 2. The topological polar surface area (TPSA) is 102 Å². The Bertz CT molecular complexity index is 588. The molecule has 0 saturated carbocycles. The second-order valence-electron chi connectivity index (χ2n) is 4.19. The van der Waals surface area contributed by atoms with Gasteiger partial charge in [0.25, 0.3) is 5.91 Å². The van der Waals surface area contributed by atoms with Gasteiger partial charge >= 0.3 is 12.0 Å². The van der Waals surface area contributed by atoms with Crippen LogP contribution in [-0.2, 0) is 14.3 Å². The normalized spacial score (nSPS) is 9.73. The predicted octanol–water partition coefficient (Wildman–Crippen LogP) is 0.980. The van der Waals surface area contributed by atoms with Gasteiger partial charge in [0.1, 0.15) is 5.78 Å². The molecule has 0 unspecified atom stereocenters. The van der Waals surface area contributed by atoms with Crippen LogP contribution in [0, 0.1) is 0 Å². The summed E-state index contributed by atoms with van der Waals surface area (Å²) < 4.78 is 4.85. The molecule has 8 heteroatoms. The molecule has 1 rings (SSSR count). The molecule has 0 heterocycles. The number of thioether (sulfide) groups is 1. The third-order valence-corrected chi connectivity index (χ3v) is 3.57. The summed E-state index contributed by atoms with van der Waals surface area (Å²) >= 11 is 1.22. The molecule has 118 valence electrons. The number of carbonyl (C=O) groups is 4. The molecule has 0 radical (unpaired) electrons. The third-order valence-electron chi connectivity index (χ3n) is 2.35. The van der Waals surface area contributed by atoms with Crippen LogP contribution < -0.4 is 10.6 Å². The third kappa shape index (κ3) is 5.96. The van der Waals surface area contributed by atoms with Crippen molar-refractivity contribution in [1.29, 1.82) is 0 Å². The van der Waals surface area contributed by atoms with E-state index in [9.17, 15) is 19.2 Å². The summed E-state index contributed by atoms with van der Waals surface area (Å²) in [5.41, 5.74) is 0.265. The van der Waals surface area contributed by atoms with Gasteiger partial charge in [-0.05, 0) is 19.1 Å². The lowest BCUT2D eigenvalue weighted by Gasteiger charge is -2.08. The molecule has 1 aromatic rings. The number of benzene rings is 1. The molecule has 0 bridgehead atoms. The van der Waals surface area contributed by atoms with E-state index in [4.69, 9.17) is 4.74 Å². The Morgan fingerprint density at radius 3 is 2.50 bits per heavy atom. The van der Waals surface area contributed by atoms with Crippen molar-refractivity contribution in [2.75, 3.05) is 19.4 Å². The highest BCUT2D eigenvalue weighted by Crippen LogP contribution is 2.23. The highest BCUT2D eigenvalue weighted by atomic mass is 32.2.